The van der Waals surface area contributed by atoms with Crippen LogP contribution in [-0.2, 0) is 16.8 Å². The van der Waals surface area contributed by atoms with Gasteiger partial charge in [-0.05, 0) is 23.3 Å². The van der Waals surface area contributed by atoms with Crippen molar-refractivity contribution in [3.8, 4) is 12.1 Å². The highest BCUT2D eigenvalue weighted by Crippen LogP contribution is 2.48. The van der Waals surface area contributed by atoms with Crippen molar-refractivity contribution in [2.75, 3.05) is 6.61 Å². The third-order valence-electron chi connectivity index (χ3n) is 4.21. The van der Waals surface area contributed by atoms with Crippen LogP contribution in [0, 0.1) is 28.1 Å². The number of nitrogens with zero attached hydrogens (tertiary/aromatic N) is 2. The van der Waals surface area contributed by atoms with E-state index >= 15 is 0 Å². The fourth-order valence-corrected chi connectivity index (χ4v) is 3.10. The summed E-state index contributed by atoms with van der Waals surface area (Å²) in [6.07, 6.45) is 0.717. The van der Waals surface area contributed by atoms with Gasteiger partial charge in [-0.25, -0.2) is 0 Å². The number of hydrogen-bond acceptors (Lipinski definition) is 3. The molecule has 3 rings (SSSR count). The van der Waals surface area contributed by atoms with Gasteiger partial charge in [-0.2, -0.15) is 10.5 Å². The van der Waals surface area contributed by atoms with Crippen molar-refractivity contribution in [3.63, 3.8) is 0 Å². The SMILES string of the molecule is N#CC(C#N)(Cc1ccccc1)CC1(c2cccc(Cl)c2)CO1. The number of benzene rings is 2. The van der Waals surface area contributed by atoms with E-state index in [9.17, 15) is 10.5 Å². The Balaban J connectivity index is 1.89. The molecule has 0 N–H and O–H groups in total. The van der Waals surface area contributed by atoms with Crippen molar-refractivity contribution < 1.29 is 4.74 Å². The molecule has 114 valence electrons. The molecule has 0 aromatic heterocycles. The Labute approximate surface area is 140 Å². The van der Waals surface area contributed by atoms with Crippen LogP contribution in [0.15, 0.2) is 54.6 Å². The number of rotatable bonds is 5. The van der Waals surface area contributed by atoms with Crippen LogP contribution in [0.5, 0.6) is 0 Å². The van der Waals surface area contributed by atoms with Crippen LogP contribution >= 0.6 is 11.6 Å². The van der Waals surface area contributed by atoms with E-state index in [2.05, 4.69) is 12.1 Å². The predicted octanol–water partition coefficient (Wildman–Crippen LogP) is 4.23. The molecular formula is C19H15ClN2O. The summed E-state index contributed by atoms with van der Waals surface area (Å²) >= 11 is 6.06. The maximum Gasteiger partial charge on any atom is 0.151 e. The molecule has 2 aromatic rings. The van der Waals surface area contributed by atoms with E-state index in [4.69, 9.17) is 16.3 Å². The lowest BCUT2D eigenvalue weighted by atomic mass is 9.75. The van der Waals surface area contributed by atoms with Crippen LogP contribution in [0.4, 0.5) is 0 Å². The lowest BCUT2D eigenvalue weighted by Crippen LogP contribution is -2.27. The summed E-state index contributed by atoms with van der Waals surface area (Å²) in [7, 11) is 0. The minimum absolute atomic E-state index is 0.336. The maximum atomic E-state index is 9.68. The summed E-state index contributed by atoms with van der Waals surface area (Å²) in [4.78, 5) is 0. The number of ether oxygens (including phenoxy) is 1. The first-order chi connectivity index (χ1) is 11.1. The molecule has 0 bridgehead atoms. The highest BCUT2D eigenvalue weighted by atomic mass is 35.5. The van der Waals surface area contributed by atoms with Crippen molar-refractivity contribution in [1.29, 1.82) is 10.5 Å². The van der Waals surface area contributed by atoms with Gasteiger partial charge in [0.1, 0.15) is 5.60 Å². The average molecular weight is 323 g/mol. The van der Waals surface area contributed by atoms with Crippen LogP contribution in [0.25, 0.3) is 0 Å². The number of epoxide rings is 1. The zero-order valence-corrected chi connectivity index (χ0v) is 13.3. The molecule has 1 aliphatic rings. The van der Waals surface area contributed by atoms with Crippen LogP contribution in [0.3, 0.4) is 0 Å². The van der Waals surface area contributed by atoms with Gasteiger partial charge in [-0.3, -0.25) is 0 Å². The normalized spacial score (nSPS) is 19.6. The number of nitriles is 2. The molecule has 2 aromatic carbocycles. The lowest BCUT2D eigenvalue weighted by Gasteiger charge is -2.23. The second-order valence-electron chi connectivity index (χ2n) is 5.94. The van der Waals surface area contributed by atoms with Gasteiger partial charge >= 0.3 is 0 Å². The first-order valence-electron chi connectivity index (χ1n) is 7.38. The molecular weight excluding hydrogens is 308 g/mol. The van der Waals surface area contributed by atoms with Crippen molar-refractivity contribution in [2.45, 2.75) is 18.4 Å². The van der Waals surface area contributed by atoms with Crippen molar-refractivity contribution >= 4 is 11.6 Å². The van der Waals surface area contributed by atoms with E-state index in [0.29, 0.717) is 24.5 Å². The Bertz CT molecular complexity index is 771. The molecule has 0 amide bonds. The van der Waals surface area contributed by atoms with Gasteiger partial charge < -0.3 is 4.74 Å². The molecule has 1 unspecified atom stereocenters. The summed E-state index contributed by atoms with van der Waals surface area (Å²) in [6.45, 7) is 0.507. The number of hydrogen-bond donors (Lipinski definition) is 0. The van der Waals surface area contributed by atoms with Crippen molar-refractivity contribution in [3.05, 3.63) is 70.7 Å². The summed E-state index contributed by atoms with van der Waals surface area (Å²) in [5.74, 6) is 0. The van der Waals surface area contributed by atoms with Crippen molar-refractivity contribution in [2.24, 2.45) is 5.41 Å². The third kappa shape index (κ3) is 3.22. The third-order valence-corrected chi connectivity index (χ3v) is 4.44. The molecule has 23 heavy (non-hydrogen) atoms. The smallest absolute Gasteiger partial charge is 0.151 e. The molecule has 0 radical (unpaired) electrons. The van der Waals surface area contributed by atoms with E-state index in [1.807, 2.05) is 48.5 Å². The minimum atomic E-state index is -1.12. The van der Waals surface area contributed by atoms with Gasteiger partial charge in [0.2, 0.25) is 0 Å². The van der Waals surface area contributed by atoms with E-state index in [-0.39, 0.29) is 0 Å². The van der Waals surface area contributed by atoms with Crippen LogP contribution < -0.4 is 0 Å². The molecule has 0 spiro atoms. The fourth-order valence-electron chi connectivity index (χ4n) is 2.91. The monoisotopic (exact) mass is 322 g/mol. The Hall–Kier alpha value is -2.33. The first-order valence-corrected chi connectivity index (χ1v) is 7.76. The molecule has 4 heteroatoms. The summed E-state index contributed by atoms with van der Waals surface area (Å²) in [5, 5.41) is 20.0. The minimum Gasteiger partial charge on any atom is -0.364 e. The van der Waals surface area contributed by atoms with Gasteiger partial charge in [0, 0.05) is 17.9 Å². The Morgan fingerprint density at radius 2 is 1.78 bits per heavy atom. The first kappa shape index (κ1) is 15.6. The second-order valence-corrected chi connectivity index (χ2v) is 6.37. The summed E-state index contributed by atoms with van der Waals surface area (Å²) in [5.41, 5.74) is 0.191. The zero-order valence-electron chi connectivity index (χ0n) is 12.5. The fraction of sp³-hybridized carbons (Fsp3) is 0.263. The number of halogens is 1. The highest BCUT2D eigenvalue weighted by molar-refractivity contribution is 6.30. The van der Waals surface area contributed by atoms with Gasteiger partial charge in [-0.15, -0.1) is 0 Å². The van der Waals surface area contributed by atoms with Gasteiger partial charge in [0.05, 0.1) is 18.7 Å². The van der Waals surface area contributed by atoms with Crippen LogP contribution in [0.1, 0.15) is 17.5 Å². The zero-order chi connectivity index (χ0) is 16.3. The van der Waals surface area contributed by atoms with E-state index in [0.717, 1.165) is 11.1 Å². The van der Waals surface area contributed by atoms with E-state index < -0.39 is 11.0 Å². The summed E-state index contributed by atoms with van der Waals surface area (Å²) in [6, 6.07) is 21.5. The molecule has 1 heterocycles. The second kappa shape index (κ2) is 6.05. The van der Waals surface area contributed by atoms with Crippen molar-refractivity contribution in [1.82, 2.24) is 0 Å². The Morgan fingerprint density at radius 1 is 1.09 bits per heavy atom. The molecule has 1 saturated heterocycles. The van der Waals surface area contributed by atoms with E-state index in [1.165, 1.54) is 0 Å². The quantitative estimate of drug-likeness (QED) is 0.774. The average Bonchev–Trinajstić information content (AvgIpc) is 3.36. The Kier molecular flexibility index (Phi) is 4.09. The highest BCUT2D eigenvalue weighted by Gasteiger charge is 2.53. The predicted molar refractivity (Wildman–Crippen MR) is 87.5 cm³/mol. The standard InChI is InChI=1S/C19H15ClN2O/c20-17-8-4-7-16(9-17)19(14-23-19)11-18(12-21,13-22)10-15-5-2-1-3-6-15/h1-9H,10-11,14H2. The summed E-state index contributed by atoms with van der Waals surface area (Å²) < 4.78 is 5.67. The molecule has 1 atom stereocenters. The van der Waals surface area contributed by atoms with Crippen LogP contribution in [-0.4, -0.2) is 6.61 Å². The van der Waals surface area contributed by atoms with Gasteiger partial charge in [-0.1, -0.05) is 54.1 Å². The lowest BCUT2D eigenvalue weighted by molar-refractivity contribution is 0.246. The maximum absolute atomic E-state index is 9.68. The van der Waals surface area contributed by atoms with Crippen LogP contribution in [0.2, 0.25) is 5.02 Å². The van der Waals surface area contributed by atoms with E-state index in [1.54, 1.807) is 6.07 Å². The molecule has 3 nitrogen and oxygen atoms in total. The topological polar surface area (TPSA) is 60.1 Å². The van der Waals surface area contributed by atoms with Gasteiger partial charge in [0.15, 0.2) is 5.41 Å². The Morgan fingerprint density at radius 3 is 2.35 bits per heavy atom. The largest absolute Gasteiger partial charge is 0.364 e. The molecule has 1 fully saturated rings. The van der Waals surface area contributed by atoms with Gasteiger partial charge in [0.25, 0.3) is 0 Å². The molecule has 0 saturated carbocycles. The molecule has 1 aliphatic heterocycles. The molecule has 0 aliphatic carbocycles.